The fraction of sp³-hybridized carbons (Fsp3) is 0.524. The van der Waals surface area contributed by atoms with Crippen molar-refractivity contribution in [2.75, 3.05) is 7.05 Å². The molecule has 1 aromatic carbocycles. The topological polar surface area (TPSA) is 44.7 Å². The maximum atomic E-state index is 13.5. The summed E-state index contributed by atoms with van der Waals surface area (Å²) in [6.07, 6.45) is -4.61. The van der Waals surface area contributed by atoms with Gasteiger partial charge in [-0.05, 0) is 61.1 Å². The van der Waals surface area contributed by atoms with Crippen molar-refractivity contribution in [1.82, 2.24) is 10.2 Å². The van der Waals surface area contributed by atoms with Crippen LogP contribution in [0.1, 0.15) is 42.4 Å². The SMILES string of the molecule is CN=C1NC(=O)S/C1=C\C1CC2CCC(C1)N2Cc1ccc(C(F)(F)F)cc1C(F)(F)F. The molecule has 0 saturated carbocycles. The molecule has 0 radical (unpaired) electrons. The lowest BCUT2D eigenvalue weighted by atomic mass is 9.89. The number of allylic oxidation sites excluding steroid dienone is 1. The molecule has 1 aromatic rings. The maximum absolute atomic E-state index is 13.5. The zero-order valence-electron chi connectivity index (χ0n) is 17.1. The molecular weight excluding hydrogens is 456 g/mol. The van der Waals surface area contributed by atoms with Crippen LogP contribution in [0.3, 0.4) is 0 Å². The van der Waals surface area contributed by atoms with Crippen LogP contribution < -0.4 is 5.32 Å². The maximum Gasteiger partial charge on any atom is 0.416 e. The monoisotopic (exact) mass is 477 g/mol. The number of carbonyl (C=O) groups excluding carboxylic acids is 1. The molecule has 3 fully saturated rings. The standard InChI is InChI=1S/C21H21F6N3OS/c1-28-18-17(32-19(31)29-18)8-11-6-14-4-5-15(7-11)30(14)10-12-2-3-13(20(22,23)24)9-16(12)21(25,26)27/h2-3,8-9,11,14-15H,4-7,10H2,1H3,(H,28,29,31)/b17-8-. The van der Waals surface area contributed by atoms with E-state index in [1.165, 1.54) is 0 Å². The molecule has 3 aliphatic heterocycles. The lowest BCUT2D eigenvalue weighted by Gasteiger charge is -2.38. The van der Waals surface area contributed by atoms with Gasteiger partial charge >= 0.3 is 12.4 Å². The van der Waals surface area contributed by atoms with E-state index in [0.717, 1.165) is 41.6 Å². The van der Waals surface area contributed by atoms with Crippen LogP contribution in [0.15, 0.2) is 34.2 Å². The first-order valence-electron chi connectivity index (χ1n) is 10.2. The quantitative estimate of drug-likeness (QED) is 0.557. The van der Waals surface area contributed by atoms with Crippen molar-refractivity contribution in [1.29, 1.82) is 0 Å². The van der Waals surface area contributed by atoms with Gasteiger partial charge in [-0.1, -0.05) is 12.1 Å². The number of benzene rings is 1. The summed E-state index contributed by atoms with van der Waals surface area (Å²) in [6.45, 7) is -0.0396. The van der Waals surface area contributed by atoms with Gasteiger partial charge in [0.1, 0.15) is 5.84 Å². The van der Waals surface area contributed by atoms with Crippen molar-refractivity contribution >= 4 is 22.8 Å². The molecule has 0 aliphatic carbocycles. The van der Waals surface area contributed by atoms with E-state index < -0.39 is 23.5 Å². The minimum absolute atomic E-state index is 0.0380. The smallest absolute Gasteiger partial charge is 0.300 e. The summed E-state index contributed by atoms with van der Waals surface area (Å²) >= 11 is 1.08. The van der Waals surface area contributed by atoms with E-state index in [2.05, 4.69) is 10.3 Å². The number of halogens is 6. The third kappa shape index (κ3) is 4.68. The van der Waals surface area contributed by atoms with Gasteiger partial charge in [-0.15, -0.1) is 0 Å². The van der Waals surface area contributed by atoms with E-state index >= 15 is 0 Å². The number of aliphatic imine (C=N–C) groups is 1. The number of piperidine rings is 1. The first kappa shape index (κ1) is 23.2. The summed E-state index contributed by atoms with van der Waals surface area (Å²) < 4.78 is 79.4. The molecule has 2 unspecified atom stereocenters. The van der Waals surface area contributed by atoms with Crippen molar-refractivity contribution in [2.24, 2.45) is 10.9 Å². The van der Waals surface area contributed by atoms with Crippen LogP contribution in [-0.4, -0.2) is 35.1 Å². The highest BCUT2D eigenvalue weighted by Crippen LogP contribution is 2.43. The summed E-state index contributed by atoms with van der Waals surface area (Å²) in [5.41, 5.74) is -2.67. The summed E-state index contributed by atoms with van der Waals surface area (Å²) in [5, 5.41) is 2.47. The van der Waals surface area contributed by atoms with E-state index in [1.54, 1.807) is 7.05 Å². The number of nitrogens with one attached hydrogen (secondary N) is 1. The Balaban J connectivity index is 1.53. The van der Waals surface area contributed by atoms with Gasteiger partial charge in [0.25, 0.3) is 5.24 Å². The van der Waals surface area contributed by atoms with E-state index in [4.69, 9.17) is 0 Å². The Bertz CT molecular complexity index is 957. The molecule has 4 nitrogen and oxygen atoms in total. The van der Waals surface area contributed by atoms with E-state index in [-0.39, 0.29) is 41.4 Å². The van der Waals surface area contributed by atoms with Gasteiger partial charge < -0.3 is 5.32 Å². The Morgan fingerprint density at radius 1 is 1.12 bits per heavy atom. The predicted molar refractivity (Wildman–Crippen MR) is 109 cm³/mol. The van der Waals surface area contributed by atoms with E-state index in [0.29, 0.717) is 18.7 Å². The highest BCUT2D eigenvalue weighted by atomic mass is 32.2. The van der Waals surface area contributed by atoms with Crippen molar-refractivity contribution < 1.29 is 31.1 Å². The lowest BCUT2D eigenvalue weighted by molar-refractivity contribution is -0.143. The first-order valence-corrected chi connectivity index (χ1v) is 11.0. The molecule has 32 heavy (non-hydrogen) atoms. The van der Waals surface area contributed by atoms with Crippen LogP contribution in [-0.2, 0) is 18.9 Å². The molecular formula is C21H21F6N3OS. The summed E-state index contributed by atoms with van der Waals surface area (Å²) in [4.78, 5) is 18.4. The Labute approximate surface area is 185 Å². The van der Waals surface area contributed by atoms with Crippen LogP contribution in [0, 0.1) is 5.92 Å². The van der Waals surface area contributed by atoms with Gasteiger partial charge in [0.05, 0.1) is 16.0 Å². The number of fused-ring (bicyclic) bond motifs is 2. The van der Waals surface area contributed by atoms with Gasteiger partial charge in [-0.3, -0.25) is 14.7 Å². The molecule has 2 bridgehead atoms. The Hall–Kier alpha value is -2.01. The zero-order valence-corrected chi connectivity index (χ0v) is 17.9. The van der Waals surface area contributed by atoms with Crippen molar-refractivity contribution in [3.63, 3.8) is 0 Å². The van der Waals surface area contributed by atoms with Gasteiger partial charge in [0.15, 0.2) is 0 Å². The normalized spacial score (nSPS) is 29.2. The van der Waals surface area contributed by atoms with Crippen molar-refractivity contribution in [2.45, 2.75) is 56.7 Å². The largest absolute Gasteiger partial charge is 0.416 e. The predicted octanol–water partition coefficient (Wildman–Crippen LogP) is 5.84. The highest BCUT2D eigenvalue weighted by Gasteiger charge is 2.43. The summed E-state index contributed by atoms with van der Waals surface area (Å²) in [7, 11) is 1.59. The summed E-state index contributed by atoms with van der Waals surface area (Å²) in [6, 6.07) is 1.96. The van der Waals surface area contributed by atoms with Gasteiger partial charge in [-0.25, -0.2) is 0 Å². The number of amides is 1. The molecule has 11 heteroatoms. The van der Waals surface area contributed by atoms with Crippen molar-refractivity contribution in [3.8, 4) is 0 Å². The molecule has 2 atom stereocenters. The van der Waals surface area contributed by atoms with Crippen LogP contribution in [0.5, 0.6) is 0 Å². The van der Waals surface area contributed by atoms with Crippen molar-refractivity contribution in [3.05, 3.63) is 45.9 Å². The Kier molecular flexibility index (Phi) is 6.08. The number of nitrogens with zero attached hydrogens (tertiary/aromatic N) is 2. The van der Waals surface area contributed by atoms with Crippen LogP contribution in [0.25, 0.3) is 0 Å². The molecule has 3 saturated heterocycles. The van der Waals surface area contributed by atoms with Gasteiger partial charge in [0.2, 0.25) is 0 Å². The minimum atomic E-state index is -4.87. The fourth-order valence-electron chi connectivity index (χ4n) is 4.89. The number of thioether (sulfide) groups is 1. The second-order valence-electron chi connectivity index (χ2n) is 8.27. The van der Waals surface area contributed by atoms with Crippen LogP contribution >= 0.6 is 11.8 Å². The Morgan fingerprint density at radius 2 is 1.78 bits per heavy atom. The number of rotatable bonds is 3. The molecule has 3 aliphatic rings. The van der Waals surface area contributed by atoms with Gasteiger partial charge in [0, 0.05) is 25.7 Å². The van der Waals surface area contributed by atoms with E-state index in [9.17, 15) is 31.1 Å². The second kappa shape index (κ2) is 8.40. The molecule has 1 N–H and O–H groups in total. The molecule has 0 aromatic heterocycles. The third-order valence-electron chi connectivity index (χ3n) is 6.28. The third-order valence-corrected chi connectivity index (χ3v) is 7.12. The number of carbonyl (C=O) groups is 1. The zero-order chi connectivity index (χ0) is 23.3. The molecule has 3 heterocycles. The average molecular weight is 477 g/mol. The number of hydrogen-bond acceptors (Lipinski definition) is 4. The lowest BCUT2D eigenvalue weighted by Crippen LogP contribution is -2.42. The summed E-state index contributed by atoms with van der Waals surface area (Å²) in [5.74, 6) is 0.680. The number of hydrogen-bond donors (Lipinski definition) is 1. The molecule has 4 rings (SSSR count). The average Bonchev–Trinajstić information content (AvgIpc) is 3.15. The first-order chi connectivity index (χ1) is 15.0. The second-order valence-corrected chi connectivity index (χ2v) is 9.29. The van der Waals surface area contributed by atoms with Gasteiger partial charge in [-0.2, -0.15) is 26.3 Å². The van der Waals surface area contributed by atoms with Crippen LogP contribution in [0.2, 0.25) is 0 Å². The van der Waals surface area contributed by atoms with Crippen LogP contribution in [0.4, 0.5) is 31.1 Å². The number of alkyl halides is 6. The molecule has 0 spiro atoms. The Morgan fingerprint density at radius 3 is 2.34 bits per heavy atom. The fourth-order valence-corrected chi connectivity index (χ4v) is 5.73. The minimum Gasteiger partial charge on any atom is -0.300 e. The van der Waals surface area contributed by atoms with E-state index in [1.807, 2.05) is 11.0 Å². The number of amidine groups is 1. The molecule has 174 valence electrons. The molecule has 1 amide bonds. The highest BCUT2D eigenvalue weighted by molar-refractivity contribution is 8.18.